The lowest BCUT2D eigenvalue weighted by Crippen LogP contribution is -2.08. The summed E-state index contributed by atoms with van der Waals surface area (Å²) >= 11 is 5.77. The number of anilines is 1. The van der Waals surface area contributed by atoms with Gasteiger partial charge in [-0.3, -0.25) is 9.59 Å². The number of hydrogen-bond acceptors (Lipinski definition) is 5. The molecule has 0 radical (unpaired) electrons. The maximum atomic E-state index is 11.5. The standard InChI is InChI=1S/C12H10ClN3O3/c1-6(17)8-4-7(14)2-3-9(8)19-12-10(13)11(18)15-5-16-12/h2-5H,14H2,1H3,(H,15,16,18). The lowest BCUT2D eigenvalue weighted by molar-refractivity contribution is 0.101. The van der Waals surface area contributed by atoms with Crippen LogP contribution >= 0.6 is 11.6 Å². The van der Waals surface area contributed by atoms with Crippen molar-refractivity contribution in [1.29, 1.82) is 0 Å². The van der Waals surface area contributed by atoms with Gasteiger partial charge < -0.3 is 15.5 Å². The molecule has 0 amide bonds. The van der Waals surface area contributed by atoms with Crippen LogP contribution in [0.3, 0.4) is 0 Å². The fourth-order valence-corrected chi connectivity index (χ4v) is 1.60. The summed E-state index contributed by atoms with van der Waals surface area (Å²) in [5.74, 6) is -0.0531. The highest BCUT2D eigenvalue weighted by molar-refractivity contribution is 6.31. The molecular weight excluding hydrogens is 270 g/mol. The highest BCUT2D eigenvalue weighted by Crippen LogP contribution is 2.28. The number of nitrogen functional groups attached to an aromatic ring is 1. The predicted molar refractivity (Wildman–Crippen MR) is 70.8 cm³/mol. The quantitative estimate of drug-likeness (QED) is 0.661. The number of nitrogens with one attached hydrogen (secondary N) is 1. The van der Waals surface area contributed by atoms with Gasteiger partial charge in [0, 0.05) is 5.69 Å². The topological polar surface area (TPSA) is 98.1 Å². The van der Waals surface area contributed by atoms with Crippen LogP contribution in [0.25, 0.3) is 0 Å². The first kappa shape index (κ1) is 13.1. The minimum atomic E-state index is -0.522. The molecule has 0 atom stereocenters. The van der Waals surface area contributed by atoms with Crippen molar-refractivity contribution >= 4 is 23.1 Å². The van der Waals surface area contributed by atoms with Gasteiger partial charge in [0.1, 0.15) is 5.75 Å². The molecule has 3 N–H and O–H groups in total. The van der Waals surface area contributed by atoms with Crippen LogP contribution in [0.4, 0.5) is 5.69 Å². The fraction of sp³-hybridized carbons (Fsp3) is 0.0833. The number of nitrogens with two attached hydrogens (primary N) is 1. The molecule has 0 bridgehead atoms. The van der Waals surface area contributed by atoms with E-state index in [0.29, 0.717) is 5.69 Å². The maximum Gasteiger partial charge on any atom is 0.273 e. The van der Waals surface area contributed by atoms with E-state index in [0.717, 1.165) is 6.33 Å². The zero-order valence-corrected chi connectivity index (χ0v) is 10.7. The predicted octanol–water partition coefficient (Wildman–Crippen LogP) is 2.00. The van der Waals surface area contributed by atoms with Crippen LogP contribution in [-0.4, -0.2) is 15.8 Å². The monoisotopic (exact) mass is 279 g/mol. The molecule has 0 fully saturated rings. The van der Waals surface area contributed by atoms with Crippen molar-refractivity contribution in [1.82, 2.24) is 9.97 Å². The van der Waals surface area contributed by atoms with E-state index in [1.165, 1.54) is 19.1 Å². The number of ether oxygens (including phenoxy) is 1. The first-order valence-corrected chi connectivity index (χ1v) is 5.68. The molecule has 0 saturated heterocycles. The van der Waals surface area contributed by atoms with Gasteiger partial charge >= 0.3 is 0 Å². The number of benzene rings is 1. The number of H-pyrrole nitrogens is 1. The van der Waals surface area contributed by atoms with Crippen LogP contribution in [0, 0.1) is 0 Å². The van der Waals surface area contributed by atoms with E-state index in [4.69, 9.17) is 22.1 Å². The Morgan fingerprint density at radius 3 is 2.89 bits per heavy atom. The van der Waals surface area contributed by atoms with Crippen molar-refractivity contribution in [2.24, 2.45) is 0 Å². The van der Waals surface area contributed by atoms with Gasteiger partial charge in [0.15, 0.2) is 10.8 Å². The van der Waals surface area contributed by atoms with Crippen LogP contribution < -0.4 is 16.0 Å². The Hall–Kier alpha value is -2.34. The molecule has 6 nitrogen and oxygen atoms in total. The van der Waals surface area contributed by atoms with Gasteiger partial charge in [-0.25, -0.2) is 4.98 Å². The highest BCUT2D eigenvalue weighted by atomic mass is 35.5. The van der Waals surface area contributed by atoms with Crippen molar-refractivity contribution in [3.05, 3.63) is 45.5 Å². The van der Waals surface area contributed by atoms with E-state index in [9.17, 15) is 9.59 Å². The van der Waals surface area contributed by atoms with Gasteiger partial charge in [-0.15, -0.1) is 0 Å². The number of nitrogens with zero attached hydrogens (tertiary/aromatic N) is 1. The van der Waals surface area contributed by atoms with E-state index in [2.05, 4.69) is 9.97 Å². The number of rotatable bonds is 3. The number of halogens is 1. The first-order valence-electron chi connectivity index (χ1n) is 5.30. The van der Waals surface area contributed by atoms with E-state index in [1.807, 2.05) is 0 Å². The summed E-state index contributed by atoms with van der Waals surface area (Å²) in [7, 11) is 0. The van der Waals surface area contributed by atoms with Crippen molar-refractivity contribution in [3.63, 3.8) is 0 Å². The minimum Gasteiger partial charge on any atom is -0.437 e. The zero-order chi connectivity index (χ0) is 14.0. The van der Waals surface area contributed by atoms with E-state index >= 15 is 0 Å². The van der Waals surface area contributed by atoms with Crippen LogP contribution in [-0.2, 0) is 0 Å². The molecule has 0 saturated carbocycles. The summed E-state index contributed by atoms with van der Waals surface area (Å²) in [5, 5.41) is -0.186. The molecular formula is C12H10ClN3O3. The normalized spacial score (nSPS) is 10.2. The lowest BCUT2D eigenvalue weighted by Gasteiger charge is -2.09. The number of ketones is 1. The molecule has 2 aromatic rings. The molecule has 1 aromatic carbocycles. The second-order valence-corrected chi connectivity index (χ2v) is 4.14. The minimum absolute atomic E-state index is 0.0716. The Labute approximate surface area is 113 Å². The van der Waals surface area contributed by atoms with Gasteiger partial charge in [-0.05, 0) is 25.1 Å². The summed E-state index contributed by atoms with van der Waals surface area (Å²) in [6.07, 6.45) is 1.16. The Morgan fingerprint density at radius 2 is 2.21 bits per heavy atom. The Kier molecular flexibility index (Phi) is 3.52. The number of carbonyl (C=O) groups is 1. The van der Waals surface area contributed by atoms with Gasteiger partial charge in [-0.2, -0.15) is 0 Å². The summed E-state index contributed by atoms with van der Waals surface area (Å²) < 4.78 is 5.40. The molecule has 7 heteroatoms. The average molecular weight is 280 g/mol. The van der Waals surface area contributed by atoms with E-state index in [-0.39, 0.29) is 28.0 Å². The molecule has 0 unspecified atom stereocenters. The Morgan fingerprint density at radius 1 is 1.47 bits per heavy atom. The summed E-state index contributed by atoms with van der Waals surface area (Å²) in [4.78, 5) is 28.9. The molecule has 1 aromatic heterocycles. The molecule has 1 heterocycles. The van der Waals surface area contributed by atoms with Crippen molar-refractivity contribution in [2.45, 2.75) is 6.92 Å². The highest BCUT2D eigenvalue weighted by Gasteiger charge is 2.13. The number of hydrogen-bond donors (Lipinski definition) is 2. The Bertz CT molecular complexity index is 697. The zero-order valence-electron chi connectivity index (χ0n) is 9.94. The molecule has 0 aliphatic carbocycles. The number of aromatic nitrogens is 2. The second kappa shape index (κ2) is 5.11. The van der Waals surface area contributed by atoms with Crippen molar-refractivity contribution in [3.8, 4) is 11.6 Å². The molecule has 0 spiro atoms. The van der Waals surface area contributed by atoms with Gasteiger partial charge in [0.05, 0.1) is 11.9 Å². The number of Topliss-reactive ketones (excluding diaryl/α,β-unsaturated/α-hetero) is 1. The van der Waals surface area contributed by atoms with Gasteiger partial charge in [0.25, 0.3) is 5.56 Å². The van der Waals surface area contributed by atoms with Crippen LogP contribution in [0.5, 0.6) is 11.6 Å². The third kappa shape index (κ3) is 2.74. The maximum absolute atomic E-state index is 11.5. The smallest absolute Gasteiger partial charge is 0.273 e. The van der Waals surface area contributed by atoms with Gasteiger partial charge in [-0.1, -0.05) is 11.6 Å². The Balaban J connectivity index is 2.46. The molecule has 98 valence electrons. The second-order valence-electron chi connectivity index (χ2n) is 3.76. The van der Waals surface area contributed by atoms with Crippen molar-refractivity contribution < 1.29 is 9.53 Å². The molecule has 0 aliphatic heterocycles. The first-order chi connectivity index (χ1) is 8.99. The van der Waals surface area contributed by atoms with Crippen molar-refractivity contribution in [2.75, 3.05) is 5.73 Å². The van der Waals surface area contributed by atoms with Gasteiger partial charge in [0.2, 0.25) is 5.88 Å². The van der Waals surface area contributed by atoms with Crippen LogP contribution in [0.15, 0.2) is 29.3 Å². The molecule has 19 heavy (non-hydrogen) atoms. The average Bonchev–Trinajstić information content (AvgIpc) is 2.36. The number of aromatic amines is 1. The summed E-state index contributed by atoms with van der Waals surface area (Å²) in [5.41, 5.74) is 5.81. The van der Waals surface area contributed by atoms with Crippen LogP contribution in [0.2, 0.25) is 5.02 Å². The third-order valence-electron chi connectivity index (χ3n) is 2.35. The lowest BCUT2D eigenvalue weighted by atomic mass is 10.1. The largest absolute Gasteiger partial charge is 0.437 e. The van der Waals surface area contributed by atoms with E-state index in [1.54, 1.807) is 6.07 Å². The SMILES string of the molecule is CC(=O)c1cc(N)ccc1Oc1nc[nH]c(=O)c1Cl. The molecule has 2 rings (SSSR count). The molecule has 0 aliphatic rings. The number of carbonyl (C=O) groups excluding carboxylic acids is 1. The third-order valence-corrected chi connectivity index (χ3v) is 2.69. The summed E-state index contributed by atoms with van der Waals surface area (Å²) in [6.45, 7) is 1.38. The van der Waals surface area contributed by atoms with E-state index < -0.39 is 5.56 Å². The summed E-state index contributed by atoms with van der Waals surface area (Å²) in [6, 6.07) is 4.58. The fourth-order valence-electron chi connectivity index (χ4n) is 1.45. The van der Waals surface area contributed by atoms with Crippen LogP contribution in [0.1, 0.15) is 17.3 Å².